The molecule has 21 heavy (non-hydrogen) atoms. The predicted molar refractivity (Wildman–Crippen MR) is 81.8 cm³/mol. The Morgan fingerprint density at radius 3 is 2.38 bits per heavy atom. The van der Waals surface area contributed by atoms with Gasteiger partial charge in [0.05, 0.1) is 0 Å². The normalized spacial score (nSPS) is 25.5. The SMILES string of the molecule is NC1CCC(c2ccccc2)CC1Oc1ccc(F)cc1. The van der Waals surface area contributed by atoms with Crippen LogP contribution in [0.5, 0.6) is 5.75 Å². The molecule has 0 amide bonds. The lowest BCUT2D eigenvalue weighted by atomic mass is 9.80. The second-order valence-corrected chi connectivity index (χ2v) is 5.69. The lowest BCUT2D eigenvalue weighted by Gasteiger charge is -2.34. The van der Waals surface area contributed by atoms with Gasteiger partial charge in [0.15, 0.2) is 0 Å². The topological polar surface area (TPSA) is 35.2 Å². The molecule has 1 fully saturated rings. The minimum atomic E-state index is -0.252. The summed E-state index contributed by atoms with van der Waals surface area (Å²) in [4.78, 5) is 0. The van der Waals surface area contributed by atoms with Crippen LogP contribution in [0.2, 0.25) is 0 Å². The molecule has 0 heterocycles. The summed E-state index contributed by atoms with van der Waals surface area (Å²) in [7, 11) is 0. The lowest BCUT2D eigenvalue weighted by molar-refractivity contribution is 0.121. The minimum absolute atomic E-state index is 0.0191. The van der Waals surface area contributed by atoms with Crippen LogP contribution in [0.4, 0.5) is 4.39 Å². The van der Waals surface area contributed by atoms with Crippen molar-refractivity contribution in [1.29, 1.82) is 0 Å². The minimum Gasteiger partial charge on any atom is -0.489 e. The van der Waals surface area contributed by atoms with Gasteiger partial charge < -0.3 is 10.5 Å². The van der Waals surface area contributed by atoms with Gasteiger partial charge in [-0.3, -0.25) is 0 Å². The summed E-state index contributed by atoms with van der Waals surface area (Å²) < 4.78 is 18.9. The van der Waals surface area contributed by atoms with Gasteiger partial charge in [0.1, 0.15) is 17.7 Å². The first kappa shape index (κ1) is 14.1. The second-order valence-electron chi connectivity index (χ2n) is 5.69. The Morgan fingerprint density at radius 1 is 0.952 bits per heavy atom. The van der Waals surface area contributed by atoms with Crippen LogP contribution in [-0.4, -0.2) is 12.1 Å². The summed E-state index contributed by atoms with van der Waals surface area (Å²) in [5.74, 6) is 0.916. The molecular weight excluding hydrogens is 265 g/mol. The summed E-state index contributed by atoms with van der Waals surface area (Å²) in [5.41, 5.74) is 7.54. The quantitative estimate of drug-likeness (QED) is 0.929. The van der Waals surface area contributed by atoms with Crippen LogP contribution in [-0.2, 0) is 0 Å². The highest BCUT2D eigenvalue weighted by Crippen LogP contribution is 2.34. The van der Waals surface area contributed by atoms with Gasteiger partial charge in [-0.05, 0) is 55.0 Å². The van der Waals surface area contributed by atoms with Gasteiger partial charge in [-0.15, -0.1) is 0 Å². The number of benzene rings is 2. The second kappa shape index (κ2) is 6.27. The summed E-state index contributed by atoms with van der Waals surface area (Å²) >= 11 is 0. The first-order valence-electron chi connectivity index (χ1n) is 7.45. The molecule has 2 N–H and O–H groups in total. The van der Waals surface area contributed by atoms with Crippen LogP contribution in [0, 0.1) is 5.82 Å². The Labute approximate surface area is 124 Å². The van der Waals surface area contributed by atoms with E-state index < -0.39 is 0 Å². The van der Waals surface area contributed by atoms with Crippen molar-refractivity contribution in [1.82, 2.24) is 0 Å². The van der Waals surface area contributed by atoms with E-state index in [0.29, 0.717) is 11.7 Å². The maximum absolute atomic E-state index is 12.9. The highest BCUT2D eigenvalue weighted by atomic mass is 19.1. The van der Waals surface area contributed by atoms with Gasteiger partial charge in [-0.25, -0.2) is 4.39 Å². The van der Waals surface area contributed by atoms with Crippen LogP contribution in [0.25, 0.3) is 0 Å². The Bertz CT molecular complexity index is 570. The maximum atomic E-state index is 12.9. The highest BCUT2D eigenvalue weighted by Gasteiger charge is 2.30. The maximum Gasteiger partial charge on any atom is 0.123 e. The summed E-state index contributed by atoms with van der Waals surface area (Å²) in [6, 6.07) is 16.7. The molecule has 0 aliphatic heterocycles. The van der Waals surface area contributed by atoms with Crippen molar-refractivity contribution in [3.63, 3.8) is 0 Å². The molecule has 3 unspecified atom stereocenters. The van der Waals surface area contributed by atoms with Gasteiger partial charge in [-0.2, -0.15) is 0 Å². The molecule has 3 rings (SSSR count). The monoisotopic (exact) mass is 285 g/mol. The zero-order valence-corrected chi connectivity index (χ0v) is 11.9. The largest absolute Gasteiger partial charge is 0.489 e. The Balaban J connectivity index is 1.70. The molecule has 0 spiro atoms. The Morgan fingerprint density at radius 2 is 1.67 bits per heavy atom. The number of halogens is 1. The van der Waals surface area contributed by atoms with Crippen LogP contribution in [0.15, 0.2) is 54.6 Å². The van der Waals surface area contributed by atoms with Crippen molar-refractivity contribution in [2.45, 2.75) is 37.3 Å². The average Bonchev–Trinajstić information content (AvgIpc) is 2.52. The molecule has 2 aromatic rings. The summed E-state index contributed by atoms with van der Waals surface area (Å²) in [6.07, 6.45) is 2.93. The van der Waals surface area contributed by atoms with E-state index in [1.807, 2.05) is 6.07 Å². The van der Waals surface area contributed by atoms with E-state index in [9.17, 15) is 4.39 Å². The Hall–Kier alpha value is -1.87. The fourth-order valence-corrected chi connectivity index (χ4v) is 3.00. The third-order valence-corrected chi connectivity index (χ3v) is 4.21. The molecule has 0 saturated heterocycles. The number of hydrogen-bond donors (Lipinski definition) is 1. The van der Waals surface area contributed by atoms with Crippen LogP contribution >= 0.6 is 0 Å². The van der Waals surface area contributed by atoms with Crippen molar-refractivity contribution >= 4 is 0 Å². The van der Waals surface area contributed by atoms with Crippen LogP contribution < -0.4 is 10.5 Å². The zero-order chi connectivity index (χ0) is 14.7. The summed E-state index contributed by atoms with van der Waals surface area (Å²) in [5, 5.41) is 0. The molecule has 2 aromatic carbocycles. The molecule has 2 nitrogen and oxygen atoms in total. The van der Waals surface area contributed by atoms with Crippen molar-refractivity contribution in [2.24, 2.45) is 5.73 Å². The van der Waals surface area contributed by atoms with Gasteiger partial charge in [0, 0.05) is 6.04 Å². The fourth-order valence-electron chi connectivity index (χ4n) is 3.00. The molecule has 0 bridgehead atoms. The molecule has 1 aliphatic rings. The van der Waals surface area contributed by atoms with Crippen molar-refractivity contribution < 1.29 is 9.13 Å². The van der Waals surface area contributed by atoms with E-state index in [4.69, 9.17) is 10.5 Å². The van der Waals surface area contributed by atoms with Crippen LogP contribution in [0.1, 0.15) is 30.7 Å². The molecule has 1 aliphatic carbocycles. The smallest absolute Gasteiger partial charge is 0.123 e. The van der Waals surface area contributed by atoms with Gasteiger partial charge in [-0.1, -0.05) is 30.3 Å². The molecule has 3 atom stereocenters. The van der Waals surface area contributed by atoms with Crippen molar-refractivity contribution in [3.8, 4) is 5.75 Å². The first-order valence-corrected chi connectivity index (χ1v) is 7.45. The highest BCUT2D eigenvalue weighted by molar-refractivity contribution is 5.24. The van der Waals surface area contributed by atoms with Gasteiger partial charge in [0.2, 0.25) is 0 Å². The van der Waals surface area contributed by atoms with E-state index in [2.05, 4.69) is 24.3 Å². The molecular formula is C18H20FNO. The van der Waals surface area contributed by atoms with E-state index >= 15 is 0 Å². The van der Waals surface area contributed by atoms with E-state index in [-0.39, 0.29) is 18.0 Å². The standard InChI is InChI=1S/C18H20FNO/c19-15-7-9-16(10-8-15)21-18-12-14(6-11-17(18)20)13-4-2-1-3-5-13/h1-5,7-10,14,17-18H,6,11-12,20H2. The molecule has 110 valence electrons. The first-order chi connectivity index (χ1) is 10.2. The van der Waals surface area contributed by atoms with Gasteiger partial charge in [0.25, 0.3) is 0 Å². The number of hydrogen-bond acceptors (Lipinski definition) is 2. The van der Waals surface area contributed by atoms with Crippen LogP contribution in [0.3, 0.4) is 0 Å². The third kappa shape index (κ3) is 3.42. The average molecular weight is 285 g/mol. The van der Waals surface area contributed by atoms with Crippen molar-refractivity contribution in [2.75, 3.05) is 0 Å². The lowest BCUT2D eigenvalue weighted by Crippen LogP contribution is -2.43. The van der Waals surface area contributed by atoms with E-state index in [1.54, 1.807) is 12.1 Å². The zero-order valence-electron chi connectivity index (χ0n) is 11.9. The number of nitrogens with two attached hydrogens (primary N) is 1. The molecule has 3 heteroatoms. The fraction of sp³-hybridized carbons (Fsp3) is 0.333. The molecule has 1 saturated carbocycles. The molecule has 0 radical (unpaired) electrons. The van der Waals surface area contributed by atoms with E-state index in [1.165, 1.54) is 17.7 Å². The van der Waals surface area contributed by atoms with E-state index in [0.717, 1.165) is 19.3 Å². The summed E-state index contributed by atoms with van der Waals surface area (Å²) in [6.45, 7) is 0. The molecule has 0 aromatic heterocycles. The number of rotatable bonds is 3. The van der Waals surface area contributed by atoms with Crippen molar-refractivity contribution in [3.05, 3.63) is 66.0 Å². The Kier molecular flexibility index (Phi) is 4.20. The third-order valence-electron chi connectivity index (χ3n) is 4.21. The van der Waals surface area contributed by atoms with Gasteiger partial charge >= 0.3 is 0 Å². The number of ether oxygens (including phenoxy) is 1. The predicted octanol–water partition coefficient (Wildman–Crippen LogP) is 3.87.